The Bertz CT molecular complexity index is 524. The molecule has 4 heteroatoms. The summed E-state index contributed by atoms with van der Waals surface area (Å²) in [5.74, 6) is -0.227. The summed E-state index contributed by atoms with van der Waals surface area (Å²) in [5, 5.41) is 1.92. The monoisotopic (exact) mass is 249 g/mol. The molecule has 0 atom stereocenters. The van der Waals surface area contributed by atoms with Crippen LogP contribution in [-0.4, -0.2) is 13.3 Å². The zero-order valence-corrected chi connectivity index (χ0v) is 10.2. The van der Waals surface area contributed by atoms with E-state index in [1.807, 2.05) is 29.5 Å². The minimum Gasteiger partial charge on any atom is -0.370 e. The van der Waals surface area contributed by atoms with Crippen LogP contribution in [0.4, 0.5) is 10.1 Å². The number of anilines is 1. The van der Waals surface area contributed by atoms with Gasteiger partial charge in [-0.1, -0.05) is 12.1 Å². The minimum atomic E-state index is -0.227. The van der Waals surface area contributed by atoms with Crippen LogP contribution in [0.5, 0.6) is 0 Å². The first kappa shape index (κ1) is 11.8. The van der Waals surface area contributed by atoms with Crippen LogP contribution in [0.15, 0.2) is 35.7 Å². The van der Waals surface area contributed by atoms with Crippen LogP contribution in [0.3, 0.4) is 0 Å². The fourth-order valence-corrected chi connectivity index (χ4v) is 2.35. The van der Waals surface area contributed by atoms with Crippen molar-refractivity contribution in [1.29, 1.82) is 0 Å². The van der Waals surface area contributed by atoms with Gasteiger partial charge in [-0.2, -0.15) is 0 Å². The molecule has 1 heterocycles. The number of aldehydes is 1. The highest BCUT2D eigenvalue weighted by Gasteiger charge is 2.05. The van der Waals surface area contributed by atoms with Gasteiger partial charge in [-0.15, -0.1) is 11.3 Å². The molecule has 1 aromatic carbocycles. The van der Waals surface area contributed by atoms with Crippen molar-refractivity contribution in [2.45, 2.75) is 6.54 Å². The Kier molecular flexibility index (Phi) is 3.54. The topological polar surface area (TPSA) is 20.3 Å². The Morgan fingerprint density at radius 1 is 1.41 bits per heavy atom. The van der Waals surface area contributed by atoms with Crippen molar-refractivity contribution in [3.63, 3.8) is 0 Å². The molecule has 0 bridgehead atoms. The Labute approximate surface area is 103 Å². The normalized spacial score (nSPS) is 10.2. The quantitative estimate of drug-likeness (QED) is 0.775. The second-order valence-corrected chi connectivity index (χ2v) is 4.75. The van der Waals surface area contributed by atoms with Crippen molar-refractivity contribution >= 4 is 23.3 Å². The maximum atomic E-state index is 13.0. The van der Waals surface area contributed by atoms with E-state index in [2.05, 4.69) is 0 Å². The summed E-state index contributed by atoms with van der Waals surface area (Å²) in [6.07, 6.45) is 0.837. The molecule has 2 aromatic rings. The first-order valence-corrected chi connectivity index (χ1v) is 6.06. The number of nitrogens with zero attached hydrogens (tertiary/aromatic N) is 1. The Morgan fingerprint density at radius 2 is 2.24 bits per heavy atom. The molecular formula is C13H12FNOS. The minimum absolute atomic E-state index is 0.227. The number of benzene rings is 1. The molecule has 1 aromatic heterocycles. The molecule has 2 nitrogen and oxygen atoms in total. The Balaban J connectivity index is 2.10. The van der Waals surface area contributed by atoms with Crippen molar-refractivity contribution in [2.75, 3.05) is 11.9 Å². The maximum Gasteiger partial charge on any atom is 0.160 e. The van der Waals surface area contributed by atoms with Crippen LogP contribution in [-0.2, 0) is 6.54 Å². The standard InChI is InChI=1S/C13H12FNOS/c1-15(12-6-13(8-16)17-9-12)7-10-3-2-4-11(14)5-10/h2-6,8-9H,7H2,1H3. The van der Waals surface area contributed by atoms with Crippen LogP contribution in [0.2, 0.25) is 0 Å². The molecule has 0 saturated carbocycles. The van der Waals surface area contributed by atoms with E-state index in [1.54, 1.807) is 6.07 Å². The average Bonchev–Trinajstić information content (AvgIpc) is 2.77. The molecule has 0 aliphatic carbocycles. The lowest BCUT2D eigenvalue weighted by Gasteiger charge is -2.17. The second-order valence-electron chi connectivity index (χ2n) is 3.81. The van der Waals surface area contributed by atoms with Gasteiger partial charge in [-0.25, -0.2) is 4.39 Å². The van der Waals surface area contributed by atoms with Crippen molar-refractivity contribution in [3.05, 3.63) is 52.0 Å². The Hall–Kier alpha value is -1.68. The van der Waals surface area contributed by atoms with E-state index in [0.717, 1.165) is 17.5 Å². The zero-order valence-electron chi connectivity index (χ0n) is 9.39. The number of halogens is 1. The molecule has 0 amide bonds. The third-order valence-electron chi connectivity index (χ3n) is 2.47. The number of carbonyl (C=O) groups excluding carboxylic acids is 1. The van der Waals surface area contributed by atoms with E-state index in [0.29, 0.717) is 11.4 Å². The first-order chi connectivity index (χ1) is 8.19. The zero-order chi connectivity index (χ0) is 12.3. The fraction of sp³-hybridized carbons (Fsp3) is 0.154. The van der Waals surface area contributed by atoms with E-state index >= 15 is 0 Å². The van der Waals surface area contributed by atoms with Crippen LogP contribution < -0.4 is 4.90 Å². The molecule has 0 N–H and O–H groups in total. The number of rotatable bonds is 4. The van der Waals surface area contributed by atoms with Gasteiger partial charge in [0.05, 0.1) is 4.88 Å². The van der Waals surface area contributed by atoms with Gasteiger partial charge in [0.25, 0.3) is 0 Å². The van der Waals surface area contributed by atoms with Gasteiger partial charge in [0, 0.05) is 24.7 Å². The van der Waals surface area contributed by atoms with Gasteiger partial charge < -0.3 is 4.90 Å². The third kappa shape index (κ3) is 2.91. The van der Waals surface area contributed by atoms with Gasteiger partial charge in [0.1, 0.15) is 5.82 Å². The summed E-state index contributed by atoms with van der Waals surface area (Å²) in [6.45, 7) is 0.618. The lowest BCUT2D eigenvalue weighted by molar-refractivity contribution is 0.112. The van der Waals surface area contributed by atoms with Crippen LogP contribution in [0, 0.1) is 5.82 Å². The smallest absolute Gasteiger partial charge is 0.160 e. The van der Waals surface area contributed by atoms with Crippen LogP contribution in [0.1, 0.15) is 15.2 Å². The summed E-state index contributed by atoms with van der Waals surface area (Å²) >= 11 is 1.41. The van der Waals surface area contributed by atoms with Gasteiger partial charge in [-0.3, -0.25) is 4.79 Å². The Morgan fingerprint density at radius 3 is 2.88 bits per heavy atom. The highest BCUT2D eigenvalue weighted by atomic mass is 32.1. The van der Waals surface area contributed by atoms with Crippen molar-refractivity contribution in [2.24, 2.45) is 0 Å². The molecule has 0 saturated heterocycles. The average molecular weight is 249 g/mol. The molecule has 0 radical (unpaired) electrons. The van der Waals surface area contributed by atoms with E-state index in [-0.39, 0.29) is 5.82 Å². The first-order valence-electron chi connectivity index (χ1n) is 5.18. The van der Waals surface area contributed by atoms with Crippen molar-refractivity contribution in [3.8, 4) is 0 Å². The van der Waals surface area contributed by atoms with E-state index in [1.165, 1.54) is 23.5 Å². The molecule has 0 fully saturated rings. The van der Waals surface area contributed by atoms with Crippen molar-refractivity contribution in [1.82, 2.24) is 0 Å². The van der Waals surface area contributed by atoms with Gasteiger partial charge in [0.15, 0.2) is 6.29 Å². The summed E-state index contributed by atoms with van der Waals surface area (Å²) in [4.78, 5) is 13.3. The molecular weight excluding hydrogens is 237 g/mol. The predicted octanol–water partition coefficient (Wildman–Crippen LogP) is 3.34. The fourth-order valence-electron chi connectivity index (χ4n) is 1.60. The summed E-state index contributed by atoms with van der Waals surface area (Å²) in [5.41, 5.74) is 1.88. The van der Waals surface area contributed by atoms with E-state index in [4.69, 9.17) is 0 Å². The summed E-state index contributed by atoms with van der Waals surface area (Å²) < 4.78 is 13.0. The highest BCUT2D eigenvalue weighted by molar-refractivity contribution is 7.12. The maximum absolute atomic E-state index is 13.0. The SMILES string of the molecule is CN(Cc1cccc(F)c1)c1csc(C=O)c1. The predicted molar refractivity (Wildman–Crippen MR) is 68.2 cm³/mol. The molecule has 0 spiro atoms. The molecule has 17 heavy (non-hydrogen) atoms. The molecule has 0 aliphatic heterocycles. The number of carbonyl (C=O) groups is 1. The lowest BCUT2D eigenvalue weighted by atomic mass is 10.2. The summed E-state index contributed by atoms with van der Waals surface area (Å²) in [7, 11) is 1.92. The molecule has 0 unspecified atom stereocenters. The molecule has 88 valence electrons. The van der Waals surface area contributed by atoms with Gasteiger partial charge >= 0.3 is 0 Å². The van der Waals surface area contributed by atoms with Gasteiger partial charge in [-0.05, 0) is 23.8 Å². The highest BCUT2D eigenvalue weighted by Crippen LogP contribution is 2.22. The molecule has 2 rings (SSSR count). The number of thiophene rings is 1. The third-order valence-corrected chi connectivity index (χ3v) is 3.32. The van der Waals surface area contributed by atoms with Crippen LogP contribution in [0.25, 0.3) is 0 Å². The number of hydrogen-bond donors (Lipinski definition) is 0. The van der Waals surface area contributed by atoms with Gasteiger partial charge in [0.2, 0.25) is 0 Å². The summed E-state index contributed by atoms with van der Waals surface area (Å²) in [6, 6.07) is 8.36. The second kappa shape index (κ2) is 5.10. The number of hydrogen-bond acceptors (Lipinski definition) is 3. The molecule has 0 aliphatic rings. The van der Waals surface area contributed by atoms with Crippen molar-refractivity contribution < 1.29 is 9.18 Å². The van der Waals surface area contributed by atoms with Crippen LogP contribution >= 0.6 is 11.3 Å². The van der Waals surface area contributed by atoms with E-state index in [9.17, 15) is 9.18 Å². The lowest BCUT2D eigenvalue weighted by Crippen LogP contribution is -2.15. The largest absolute Gasteiger partial charge is 0.370 e. The van der Waals surface area contributed by atoms with E-state index < -0.39 is 0 Å².